The monoisotopic (exact) mass is 374 g/mol. The van der Waals surface area contributed by atoms with E-state index in [0.717, 1.165) is 40.5 Å². The average molecular weight is 375 g/mol. The highest BCUT2D eigenvalue weighted by Gasteiger charge is 2.21. The van der Waals surface area contributed by atoms with E-state index in [-0.39, 0.29) is 12.5 Å². The number of carbonyl (C=O) groups is 1. The van der Waals surface area contributed by atoms with Crippen molar-refractivity contribution in [2.24, 2.45) is 0 Å². The van der Waals surface area contributed by atoms with Gasteiger partial charge in [0.1, 0.15) is 11.1 Å². The highest BCUT2D eigenvalue weighted by Crippen LogP contribution is 2.36. The van der Waals surface area contributed by atoms with Crippen LogP contribution in [0.25, 0.3) is 0 Å². The Labute approximate surface area is 156 Å². The Morgan fingerprint density at radius 3 is 2.92 bits per heavy atom. The number of rotatable bonds is 5. The number of thiazole rings is 1. The second-order valence-electron chi connectivity index (χ2n) is 6.46. The van der Waals surface area contributed by atoms with Gasteiger partial charge in [0.25, 0.3) is 0 Å². The van der Waals surface area contributed by atoms with Gasteiger partial charge < -0.3 is 5.32 Å². The SMILES string of the molecule is Cc1nc(CN(C)CC(=O)Nc2sc3c(c2C#N)CCCCC3)cs1. The van der Waals surface area contributed by atoms with Gasteiger partial charge in [-0.1, -0.05) is 6.42 Å². The standard InChI is InChI=1S/C18H22N4OS2/c1-12-20-13(11-24-12)9-22(2)10-17(23)21-18-15(8-19)14-6-4-3-5-7-16(14)25-18/h11H,3-7,9-10H2,1-2H3,(H,21,23). The molecule has 7 heteroatoms. The van der Waals surface area contributed by atoms with Crippen LogP contribution < -0.4 is 5.32 Å². The summed E-state index contributed by atoms with van der Waals surface area (Å²) in [7, 11) is 1.91. The van der Waals surface area contributed by atoms with E-state index in [1.54, 1.807) is 22.7 Å². The van der Waals surface area contributed by atoms with Crippen LogP contribution in [0.4, 0.5) is 5.00 Å². The molecule has 1 aliphatic rings. The van der Waals surface area contributed by atoms with Crippen LogP contribution >= 0.6 is 22.7 Å². The third-order valence-electron chi connectivity index (χ3n) is 4.30. The van der Waals surface area contributed by atoms with Crippen LogP contribution in [0.1, 0.15) is 46.0 Å². The predicted octanol–water partition coefficient (Wildman–Crippen LogP) is 3.72. The molecule has 0 aliphatic heterocycles. The van der Waals surface area contributed by atoms with E-state index in [4.69, 9.17) is 0 Å². The van der Waals surface area contributed by atoms with Gasteiger partial charge in [-0.2, -0.15) is 5.26 Å². The Morgan fingerprint density at radius 2 is 2.20 bits per heavy atom. The lowest BCUT2D eigenvalue weighted by Gasteiger charge is -2.14. The molecule has 2 aromatic rings. The first-order valence-electron chi connectivity index (χ1n) is 8.51. The summed E-state index contributed by atoms with van der Waals surface area (Å²) in [5, 5.41) is 16.3. The molecule has 0 aromatic carbocycles. The van der Waals surface area contributed by atoms with Crippen LogP contribution in [0.15, 0.2) is 5.38 Å². The lowest BCUT2D eigenvalue weighted by atomic mass is 10.1. The van der Waals surface area contributed by atoms with Crippen molar-refractivity contribution in [3.63, 3.8) is 0 Å². The minimum Gasteiger partial charge on any atom is -0.315 e. The number of anilines is 1. The topological polar surface area (TPSA) is 69.0 Å². The number of carbonyl (C=O) groups excluding carboxylic acids is 1. The van der Waals surface area contributed by atoms with Gasteiger partial charge >= 0.3 is 0 Å². The highest BCUT2D eigenvalue weighted by atomic mass is 32.1. The van der Waals surface area contributed by atoms with Crippen molar-refractivity contribution < 1.29 is 4.79 Å². The first-order valence-corrected chi connectivity index (χ1v) is 10.2. The number of fused-ring (bicyclic) bond motifs is 1. The molecule has 5 nitrogen and oxygen atoms in total. The lowest BCUT2D eigenvalue weighted by molar-refractivity contribution is -0.117. The fourth-order valence-corrected chi connectivity index (χ4v) is 5.03. The zero-order valence-corrected chi connectivity index (χ0v) is 16.2. The van der Waals surface area contributed by atoms with E-state index in [0.29, 0.717) is 12.1 Å². The van der Waals surface area contributed by atoms with Crippen molar-refractivity contribution in [3.8, 4) is 6.07 Å². The normalized spacial score (nSPS) is 14.0. The maximum absolute atomic E-state index is 12.4. The molecule has 0 fully saturated rings. The van der Waals surface area contributed by atoms with Crippen LogP contribution in [0, 0.1) is 18.3 Å². The molecule has 2 aromatic heterocycles. The summed E-state index contributed by atoms with van der Waals surface area (Å²) in [6.45, 7) is 2.90. The summed E-state index contributed by atoms with van der Waals surface area (Å²) in [5.74, 6) is -0.0811. The highest BCUT2D eigenvalue weighted by molar-refractivity contribution is 7.16. The summed E-state index contributed by atoms with van der Waals surface area (Å²) in [6, 6.07) is 2.31. The van der Waals surface area contributed by atoms with Gasteiger partial charge in [0.2, 0.25) is 5.91 Å². The molecule has 132 valence electrons. The van der Waals surface area contributed by atoms with Gasteiger partial charge in [0.15, 0.2) is 0 Å². The molecule has 0 saturated heterocycles. The van der Waals surface area contributed by atoms with Crippen molar-refractivity contribution >= 4 is 33.6 Å². The number of nitriles is 1. The van der Waals surface area contributed by atoms with Crippen LogP contribution in [0.5, 0.6) is 0 Å². The quantitative estimate of drug-likeness (QED) is 0.810. The Hall–Kier alpha value is -1.75. The van der Waals surface area contributed by atoms with Gasteiger partial charge in [-0.15, -0.1) is 22.7 Å². The van der Waals surface area contributed by atoms with E-state index in [2.05, 4.69) is 16.4 Å². The summed E-state index contributed by atoms with van der Waals surface area (Å²) < 4.78 is 0. The minimum absolute atomic E-state index is 0.0811. The molecule has 1 amide bonds. The summed E-state index contributed by atoms with van der Waals surface area (Å²) in [5.41, 5.74) is 2.82. The predicted molar refractivity (Wildman–Crippen MR) is 102 cm³/mol. The molecule has 0 saturated carbocycles. The number of hydrogen-bond acceptors (Lipinski definition) is 6. The summed E-state index contributed by atoms with van der Waals surface area (Å²) in [6.07, 6.45) is 5.49. The second-order valence-corrected chi connectivity index (χ2v) is 8.63. The van der Waals surface area contributed by atoms with E-state index in [1.165, 1.54) is 17.7 Å². The van der Waals surface area contributed by atoms with Gasteiger partial charge in [0.05, 0.1) is 22.8 Å². The van der Waals surface area contributed by atoms with Crippen LogP contribution in [0.3, 0.4) is 0 Å². The first kappa shape index (κ1) is 18.1. The molecule has 0 spiro atoms. The number of likely N-dealkylation sites (N-methyl/N-ethyl adjacent to an activating group) is 1. The zero-order chi connectivity index (χ0) is 17.8. The molecule has 0 unspecified atom stereocenters. The Balaban J connectivity index is 1.64. The van der Waals surface area contributed by atoms with Crippen LogP contribution in [-0.2, 0) is 24.2 Å². The fourth-order valence-electron chi connectivity index (χ4n) is 3.17. The maximum atomic E-state index is 12.4. The number of nitrogens with one attached hydrogen (secondary N) is 1. The smallest absolute Gasteiger partial charge is 0.239 e. The van der Waals surface area contributed by atoms with E-state index in [1.807, 2.05) is 24.3 Å². The molecule has 0 radical (unpaired) electrons. The number of aryl methyl sites for hydroxylation is 2. The van der Waals surface area contributed by atoms with E-state index >= 15 is 0 Å². The zero-order valence-electron chi connectivity index (χ0n) is 14.6. The van der Waals surface area contributed by atoms with Crippen molar-refractivity contribution in [2.75, 3.05) is 18.9 Å². The number of amides is 1. The summed E-state index contributed by atoms with van der Waals surface area (Å²) >= 11 is 3.20. The van der Waals surface area contributed by atoms with Crippen LogP contribution in [0.2, 0.25) is 0 Å². The molecule has 0 atom stereocenters. The van der Waals surface area contributed by atoms with Crippen molar-refractivity contribution in [2.45, 2.75) is 45.6 Å². The minimum atomic E-state index is -0.0811. The van der Waals surface area contributed by atoms with Crippen molar-refractivity contribution in [3.05, 3.63) is 32.1 Å². The van der Waals surface area contributed by atoms with Crippen LogP contribution in [-0.4, -0.2) is 29.4 Å². The van der Waals surface area contributed by atoms with Gasteiger partial charge in [0, 0.05) is 16.8 Å². The van der Waals surface area contributed by atoms with Gasteiger partial charge in [-0.05, 0) is 45.2 Å². The molecule has 25 heavy (non-hydrogen) atoms. The molecule has 1 aliphatic carbocycles. The number of aromatic nitrogens is 1. The molecule has 0 bridgehead atoms. The van der Waals surface area contributed by atoms with Gasteiger partial charge in [-0.25, -0.2) is 4.98 Å². The summed E-state index contributed by atoms with van der Waals surface area (Å²) in [4.78, 5) is 20.0. The van der Waals surface area contributed by atoms with Crippen molar-refractivity contribution in [1.82, 2.24) is 9.88 Å². The second kappa shape index (κ2) is 8.09. The molecule has 2 heterocycles. The fraction of sp³-hybridized carbons (Fsp3) is 0.500. The number of hydrogen-bond donors (Lipinski definition) is 1. The molecule has 1 N–H and O–H groups in total. The van der Waals surface area contributed by atoms with E-state index in [9.17, 15) is 10.1 Å². The Morgan fingerprint density at radius 1 is 1.40 bits per heavy atom. The number of thiophene rings is 1. The van der Waals surface area contributed by atoms with Crippen molar-refractivity contribution in [1.29, 1.82) is 5.26 Å². The Kier molecular flexibility index (Phi) is 5.84. The molecular formula is C18H22N4OS2. The van der Waals surface area contributed by atoms with E-state index < -0.39 is 0 Å². The Bertz CT molecular complexity index is 803. The third-order valence-corrected chi connectivity index (χ3v) is 6.33. The molecule has 3 rings (SSSR count). The van der Waals surface area contributed by atoms with Gasteiger partial charge in [-0.3, -0.25) is 9.69 Å². The largest absolute Gasteiger partial charge is 0.315 e. The average Bonchev–Trinajstić information content (AvgIpc) is 3.01. The first-order chi connectivity index (χ1) is 12.1. The molecular weight excluding hydrogens is 352 g/mol. The third kappa shape index (κ3) is 4.46. The lowest BCUT2D eigenvalue weighted by Crippen LogP contribution is -2.29. The maximum Gasteiger partial charge on any atom is 0.239 e. The number of nitrogens with zero attached hydrogens (tertiary/aromatic N) is 3.